The van der Waals surface area contributed by atoms with E-state index in [9.17, 15) is 4.79 Å². The normalized spacial score (nSPS) is 9.69. The van der Waals surface area contributed by atoms with Gasteiger partial charge in [0.1, 0.15) is 0 Å². The van der Waals surface area contributed by atoms with E-state index in [-0.39, 0.29) is 5.88 Å². The van der Waals surface area contributed by atoms with Crippen molar-refractivity contribution in [3.8, 4) is 5.88 Å². The van der Waals surface area contributed by atoms with Crippen LogP contribution >= 0.6 is 0 Å². The summed E-state index contributed by atoms with van der Waals surface area (Å²) in [5.41, 5.74) is 0.339. The lowest BCUT2D eigenvalue weighted by atomic mass is 10.4. The van der Waals surface area contributed by atoms with Gasteiger partial charge in [0.25, 0.3) is 5.88 Å². The molecule has 0 saturated heterocycles. The van der Waals surface area contributed by atoms with Crippen molar-refractivity contribution >= 4 is 5.97 Å². The van der Waals surface area contributed by atoms with E-state index in [1.54, 1.807) is 17.8 Å². The number of ether oxygens (including phenoxy) is 1. The number of esters is 1. The first-order valence-electron chi connectivity index (χ1n) is 3.91. The van der Waals surface area contributed by atoms with Gasteiger partial charge in [-0.2, -0.15) is 0 Å². The molecule has 1 rings (SSSR count). The summed E-state index contributed by atoms with van der Waals surface area (Å²) in [7, 11) is 0. The van der Waals surface area contributed by atoms with Crippen molar-refractivity contribution < 1.29 is 9.53 Å². The molecular weight excluding hydrogens is 170 g/mol. The Labute approximate surface area is 76.0 Å². The quantitative estimate of drug-likeness (QED) is 0.510. The zero-order valence-corrected chi connectivity index (χ0v) is 7.65. The lowest BCUT2D eigenvalue weighted by molar-refractivity contribution is -0.130. The van der Waals surface area contributed by atoms with Crippen LogP contribution in [0.2, 0.25) is 0 Å². The number of hydrogen-bond donors (Lipinski definition) is 0. The van der Waals surface area contributed by atoms with Gasteiger partial charge in [0.05, 0.1) is 6.20 Å². The van der Waals surface area contributed by atoms with E-state index >= 15 is 0 Å². The smallest absolute Gasteiger partial charge is 0.339 e. The lowest BCUT2D eigenvalue weighted by Crippen LogP contribution is -2.08. The fourth-order valence-corrected chi connectivity index (χ4v) is 0.664. The van der Waals surface area contributed by atoms with E-state index in [0.29, 0.717) is 12.1 Å². The van der Waals surface area contributed by atoms with E-state index in [1.165, 1.54) is 0 Å². The van der Waals surface area contributed by atoms with Crippen molar-refractivity contribution in [3.05, 3.63) is 18.3 Å². The van der Waals surface area contributed by atoms with Crippen LogP contribution in [-0.2, 0) is 11.3 Å². The Morgan fingerprint density at radius 3 is 2.92 bits per heavy atom. The molecule has 0 radical (unpaired) electrons. The predicted molar refractivity (Wildman–Crippen MR) is 46.1 cm³/mol. The molecule has 0 aliphatic heterocycles. The topological polar surface area (TPSA) is 57.0 Å². The number of hydrogen-bond acceptors (Lipinski definition) is 4. The minimum absolute atomic E-state index is 0.204. The molecule has 0 unspecified atom stereocenters. The van der Waals surface area contributed by atoms with Gasteiger partial charge in [-0.15, -0.1) is 0 Å². The Morgan fingerprint density at radius 1 is 1.77 bits per heavy atom. The van der Waals surface area contributed by atoms with Crippen molar-refractivity contribution in [2.75, 3.05) is 0 Å². The average molecular weight is 181 g/mol. The number of nitrogens with zero attached hydrogens (tertiary/aromatic N) is 3. The number of carbonyl (C=O) groups excluding carboxylic acids is 1. The highest BCUT2D eigenvalue weighted by molar-refractivity contribution is 5.88. The third-order valence-electron chi connectivity index (χ3n) is 1.39. The summed E-state index contributed by atoms with van der Waals surface area (Å²) in [6.07, 6.45) is 1.56. The largest absolute Gasteiger partial charge is 0.401 e. The van der Waals surface area contributed by atoms with E-state index in [0.717, 1.165) is 0 Å². The molecule has 0 aliphatic rings. The molecule has 13 heavy (non-hydrogen) atoms. The van der Waals surface area contributed by atoms with Gasteiger partial charge in [-0.1, -0.05) is 16.9 Å². The number of aryl methyl sites for hydroxylation is 1. The van der Waals surface area contributed by atoms with Gasteiger partial charge in [-0.3, -0.25) is 0 Å². The molecule has 5 nitrogen and oxygen atoms in total. The molecule has 0 spiro atoms. The van der Waals surface area contributed by atoms with Crippen molar-refractivity contribution in [3.63, 3.8) is 0 Å². The van der Waals surface area contributed by atoms with Crippen LogP contribution in [0.1, 0.15) is 13.8 Å². The third kappa shape index (κ3) is 2.40. The van der Waals surface area contributed by atoms with E-state index in [2.05, 4.69) is 16.9 Å². The molecule has 0 N–H and O–H groups in total. The van der Waals surface area contributed by atoms with Crippen LogP contribution in [0.5, 0.6) is 5.88 Å². The minimum Gasteiger partial charge on any atom is -0.401 e. The Hall–Kier alpha value is -1.65. The summed E-state index contributed by atoms with van der Waals surface area (Å²) in [6, 6.07) is 0. The van der Waals surface area contributed by atoms with E-state index in [4.69, 9.17) is 4.74 Å². The van der Waals surface area contributed by atoms with Gasteiger partial charge in [0, 0.05) is 12.1 Å². The highest BCUT2D eigenvalue weighted by Crippen LogP contribution is 2.05. The molecule has 0 atom stereocenters. The van der Waals surface area contributed by atoms with Crippen LogP contribution < -0.4 is 4.74 Å². The van der Waals surface area contributed by atoms with Gasteiger partial charge in [0.2, 0.25) is 0 Å². The second-order valence-corrected chi connectivity index (χ2v) is 2.58. The van der Waals surface area contributed by atoms with Crippen molar-refractivity contribution in [2.24, 2.45) is 0 Å². The van der Waals surface area contributed by atoms with Crippen LogP contribution in [0.15, 0.2) is 18.3 Å². The average Bonchev–Trinajstić information content (AvgIpc) is 2.52. The maximum Gasteiger partial charge on any atom is 0.339 e. The van der Waals surface area contributed by atoms with Gasteiger partial charge < -0.3 is 4.74 Å². The molecule has 0 saturated carbocycles. The highest BCUT2D eigenvalue weighted by atomic mass is 16.5. The molecule has 0 fully saturated rings. The molecule has 5 heteroatoms. The Morgan fingerprint density at radius 2 is 2.46 bits per heavy atom. The summed E-state index contributed by atoms with van der Waals surface area (Å²) in [5, 5.41) is 7.35. The standard InChI is InChI=1S/C8H11N3O2/c1-4-11-5-7(9-10-11)13-8(12)6(2)3/h5H,2,4H2,1,3H3. The lowest BCUT2D eigenvalue weighted by Gasteiger charge is -1.96. The maximum atomic E-state index is 11.0. The maximum absolute atomic E-state index is 11.0. The fourth-order valence-electron chi connectivity index (χ4n) is 0.664. The molecule has 0 aliphatic carbocycles. The second kappa shape index (κ2) is 3.84. The van der Waals surface area contributed by atoms with Gasteiger partial charge in [0.15, 0.2) is 0 Å². The summed E-state index contributed by atoms with van der Waals surface area (Å²) in [4.78, 5) is 11.0. The van der Waals surface area contributed by atoms with Gasteiger partial charge >= 0.3 is 5.97 Å². The molecule has 0 aromatic carbocycles. The summed E-state index contributed by atoms with van der Waals surface area (Å²) < 4.78 is 6.40. The first-order chi connectivity index (χ1) is 6.13. The predicted octanol–water partition coefficient (Wildman–Crippen LogP) is 0.779. The van der Waals surface area contributed by atoms with E-state index in [1.807, 2.05) is 6.92 Å². The molecular formula is C8H11N3O2. The Balaban J connectivity index is 2.64. The number of carbonyl (C=O) groups is 1. The van der Waals surface area contributed by atoms with Gasteiger partial charge in [-0.25, -0.2) is 9.48 Å². The first kappa shape index (κ1) is 9.44. The summed E-state index contributed by atoms with van der Waals surface area (Å²) in [6.45, 7) is 7.63. The monoisotopic (exact) mass is 181 g/mol. The van der Waals surface area contributed by atoms with Crippen molar-refractivity contribution in [1.82, 2.24) is 15.0 Å². The Kier molecular flexibility index (Phi) is 2.79. The van der Waals surface area contributed by atoms with Gasteiger partial charge in [-0.05, 0) is 13.8 Å². The van der Waals surface area contributed by atoms with Crippen molar-refractivity contribution in [1.29, 1.82) is 0 Å². The molecule has 1 aromatic heterocycles. The number of rotatable bonds is 3. The van der Waals surface area contributed by atoms with Crippen LogP contribution in [0, 0.1) is 0 Å². The summed E-state index contributed by atoms with van der Waals surface area (Å²) in [5.74, 6) is -0.280. The molecule has 0 bridgehead atoms. The van der Waals surface area contributed by atoms with Crippen LogP contribution in [0.4, 0.5) is 0 Å². The van der Waals surface area contributed by atoms with Crippen LogP contribution in [0.25, 0.3) is 0 Å². The Bertz CT molecular complexity index is 330. The molecule has 1 aromatic rings. The fraction of sp³-hybridized carbons (Fsp3) is 0.375. The molecule has 1 heterocycles. The third-order valence-corrected chi connectivity index (χ3v) is 1.39. The molecule has 0 amide bonds. The highest BCUT2D eigenvalue weighted by Gasteiger charge is 2.07. The first-order valence-corrected chi connectivity index (χ1v) is 3.91. The zero-order valence-electron chi connectivity index (χ0n) is 7.65. The molecule has 70 valence electrons. The SMILES string of the molecule is C=C(C)C(=O)Oc1cn(CC)nn1. The van der Waals surface area contributed by atoms with Crippen LogP contribution in [0.3, 0.4) is 0 Å². The second-order valence-electron chi connectivity index (χ2n) is 2.58. The number of aromatic nitrogens is 3. The van der Waals surface area contributed by atoms with E-state index < -0.39 is 5.97 Å². The minimum atomic E-state index is -0.483. The summed E-state index contributed by atoms with van der Waals surface area (Å²) >= 11 is 0. The van der Waals surface area contributed by atoms with Crippen LogP contribution in [-0.4, -0.2) is 21.0 Å². The van der Waals surface area contributed by atoms with Crippen molar-refractivity contribution in [2.45, 2.75) is 20.4 Å². The zero-order chi connectivity index (χ0) is 9.84.